The number of benzene rings is 2. The van der Waals surface area contributed by atoms with Gasteiger partial charge in [-0.3, -0.25) is 9.80 Å². The summed E-state index contributed by atoms with van der Waals surface area (Å²) >= 11 is 6.09. The predicted molar refractivity (Wildman–Crippen MR) is 170 cm³/mol. The zero-order valence-electron chi connectivity index (χ0n) is 26.4. The van der Waals surface area contributed by atoms with Crippen molar-refractivity contribution in [2.24, 2.45) is 11.8 Å². The van der Waals surface area contributed by atoms with Crippen molar-refractivity contribution in [3.8, 4) is 0 Å². The van der Waals surface area contributed by atoms with Crippen LogP contribution in [0.5, 0.6) is 0 Å². The molecule has 2 aromatic rings. The molecule has 0 aromatic heterocycles. The number of rotatable bonds is 14. The van der Waals surface area contributed by atoms with Crippen LogP contribution in [0.1, 0.15) is 70.5 Å². The van der Waals surface area contributed by atoms with E-state index in [4.69, 9.17) is 21.4 Å². The number of carboxylic acids is 2. The minimum Gasteiger partial charge on any atom is -0.550 e. The number of hydrogen-bond acceptors (Lipinski definition) is 8. The molecule has 10 heteroatoms. The topological polar surface area (TPSA) is 116 Å². The number of piperazine rings is 1. The van der Waals surface area contributed by atoms with Crippen LogP contribution >= 0.6 is 11.6 Å². The molecule has 1 aliphatic rings. The summed E-state index contributed by atoms with van der Waals surface area (Å²) in [5.74, 6) is -2.32. The second-order valence-electron chi connectivity index (χ2n) is 10.2. The molecule has 8 nitrogen and oxygen atoms in total. The molecule has 236 valence electrons. The monoisotopic (exact) mass is 644 g/mol. The predicted octanol–water partition coefficient (Wildman–Crippen LogP) is 3.02. The van der Waals surface area contributed by atoms with Crippen molar-refractivity contribution in [2.45, 2.75) is 59.4 Å². The molecule has 0 amide bonds. The fourth-order valence-corrected chi connectivity index (χ4v) is 4.87. The van der Waals surface area contributed by atoms with Crippen LogP contribution in [0.2, 0.25) is 5.02 Å². The largest absolute Gasteiger partial charge is 2.00 e. The molecule has 0 radical (unpaired) electrons. The Labute approximate surface area is 293 Å². The Morgan fingerprint density at radius 3 is 1.65 bits per heavy atom. The minimum absolute atomic E-state index is 0. The molecule has 1 fully saturated rings. The normalized spacial score (nSPS) is 14.1. The van der Waals surface area contributed by atoms with E-state index in [1.165, 1.54) is 11.1 Å². The number of ether oxygens (including phenoxy) is 1. The van der Waals surface area contributed by atoms with Gasteiger partial charge in [0.05, 0.1) is 25.9 Å². The summed E-state index contributed by atoms with van der Waals surface area (Å²) in [6.45, 7) is 13.6. The van der Waals surface area contributed by atoms with E-state index in [2.05, 4.69) is 52.3 Å². The van der Waals surface area contributed by atoms with Crippen LogP contribution in [0, 0.1) is 11.8 Å². The second kappa shape index (κ2) is 25.0. The molecular weight excluding hydrogens is 596 g/mol. The number of aliphatic hydroxyl groups excluding tert-OH is 1. The fourth-order valence-electron chi connectivity index (χ4n) is 4.74. The van der Waals surface area contributed by atoms with E-state index in [1.807, 2.05) is 39.8 Å². The Balaban J connectivity index is 0.000000860. The quantitative estimate of drug-likeness (QED) is 0.247. The molecule has 0 spiro atoms. The molecule has 1 saturated heterocycles. The third-order valence-electron chi connectivity index (χ3n) is 7.50. The van der Waals surface area contributed by atoms with Crippen LogP contribution in [0.3, 0.4) is 0 Å². The van der Waals surface area contributed by atoms with Gasteiger partial charge < -0.3 is 29.6 Å². The maximum absolute atomic E-state index is 10.1. The molecule has 0 saturated carbocycles. The SMILES string of the molecule is CCC(CC)C(=O)[O-].CCC(CC)C(=O)[O-].OCCOCCN1CCN(C(c2ccccc2)c2ccc(Cl)cc2)CC1.[Ca+2]. The van der Waals surface area contributed by atoms with Gasteiger partial charge in [-0.15, -0.1) is 0 Å². The number of carboxylic acid groups (broad SMARTS) is 2. The van der Waals surface area contributed by atoms with Crippen LogP contribution < -0.4 is 10.2 Å². The van der Waals surface area contributed by atoms with E-state index in [9.17, 15) is 19.8 Å². The van der Waals surface area contributed by atoms with Gasteiger partial charge in [-0.2, -0.15) is 0 Å². The summed E-state index contributed by atoms with van der Waals surface area (Å²) in [6.07, 6.45) is 2.72. The van der Waals surface area contributed by atoms with Gasteiger partial charge in [-0.25, -0.2) is 0 Å². The Kier molecular flexibility index (Phi) is 24.3. The minimum atomic E-state index is -0.921. The maximum Gasteiger partial charge on any atom is 2.00 e. The summed E-state index contributed by atoms with van der Waals surface area (Å²) in [6, 6.07) is 19.1. The van der Waals surface area contributed by atoms with Crippen molar-refractivity contribution >= 4 is 61.3 Å². The van der Waals surface area contributed by atoms with E-state index in [0.29, 0.717) is 38.9 Å². The molecule has 1 unspecified atom stereocenters. The Morgan fingerprint density at radius 2 is 1.26 bits per heavy atom. The van der Waals surface area contributed by atoms with Gasteiger partial charge in [0.15, 0.2) is 0 Å². The van der Waals surface area contributed by atoms with E-state index in [-0.39, 0.29) is 62.2 Å². The summed E-state index contributed by atoms with van der Waals surface area (Å²) in [7, 11) is 0. The maximum atomic E-state index is 10.1. The van der Waals surface area contributed by atoms with Gasteiger partial charge in [-0.1, -0.05) is 81.8 Å². The van der Waals surface area contributed by atoms with Crippen LogP contribution in [0.4, 0.5) is 0 Å². The van der Waals surface area contributed by atoms with E-state index in [0.717, 1.165) is 37.7 Å². The Hall–Kier alpha value is -1.23. The smallest absolute Gasteiger partial charge is 0.550 e. The Morgan fingerprint density at radius 1 is 0.791 bits per heavy atom. The van der Waals surface area contributed by atoms with Crippen molar-refractivity contribution < 1.29 is 29.6 Å². The number of halogens is 1. The molecule has 1 atom stereocenters. The number of aliphatic hydroxyl groups is 1. The van der Waals surface area contributed by atoms with Gasteiger partial charge in [0, 0.05) is 49.7 Å². The van der Waals surface area contributed by atoms with Crippen molar-refractivity contribution in [1.82, 2.24) is 9.80 Å². The van der Waals surface area contributed by atoms with Crippen LogP contribution in [0.25, 0.3) is 0 Å². The van der Waals surface area contributed by atoms with Crippen LogP contribution in [0.15, 0.2) is 54.6 Å². The first-order chi connectivity index (χ1) is 20.2. The van der Waals surface area contributed by atoms with E-state index >= 15 is 0 Å². The number of aliphatic carboxylic acids is 2. The first-order valence-corrected chi connectivity index (χ1v) is 15.5. The van der Waals surface area contributed by atoms with E-state index in [1.54, 1.807) is 0 Å². The van der Waals surface area contributed by atoms with Crippen molar-refractivity contribution in [3.63, 3.8) is 0 Å². The molecule has 43 heavy (non-hydrogen) atoms. The van der Waals surface area contributed by atoms with Crippen molar-refractivity contribution in [1.29, 1.82) is 0 Å². The first-order valence-electron chi connectivity index (χ1n) is 15.1. The number of carbonyl (C=O) groups is 2. The fraction of sp³-hybridized carbons (Fsp3) is 0.576. The number of nitrogens with zero attached hydrogens (tertiary/aromatic N) is 2. The van der Waals surface area contributed by atoms with Crippen molar-refractivity contribution in [2.75, 3.05) is 52.5 Å². The van der Waals surface area contributed by atoms with Crippen molar-refractivity contribution in [3.05, 3.63) is 70.7 Å². The summed E-state index contributed by atoms with van der Waals surface area (Å²) in [5, 5.41) is 29.7. The third-order valence-corrected chi connectivity index (χ3v) is 7.75. The molecule has 2 aromatic carbocycles. The molecule has 1 aliphatic heterocycles. The van der Waals surface area contributed by atoms with Crippen LogP contribution in [-0.2, 0) is 14.3 Å². The summed E-state index contributed by atoms with van der Waals surface area (Å²) < 4.78 is 5.39. The van der Waals surface area contributed by atoms with Gasteiger partial charge in [0.2, 0.25) is 0 Å². The molecular formula is C33H49CaClN2O6. The van der Waals surface area contributed by atoms with E-state index < -0.39 is 11.9 Å². The first kappa shape index (κ1) is 41.8. The van der Waals surface area contributed by atoms with Gasteiger partial charge in [0.1, 0.15) is 0 Å². The molecule has 1 N–H and O–H groups in total. The Bertz CT molecular complexity index is 961. The van der Waals surface area contributed by atoms with Gasteiger partial charge in [-0.05, 0) is 60.8 Å². The third kappa shape index (κ3) is 16.6. The molecule has 0 aliphatic carbocycles. The average molecular weight is 645 g/mol. The standard InChI is InChI=1S/C21H27ClN2O2.2C6H12O2.Ca/c22-20-8-6-19(7-9-20)21(18-4-2-1-3-5-18)24-12-10-23(11-13-24)14-16-26-17-15-25;2*1-3-5(4-2)6(7)8;/h1-9,21,25H,10-17H2;2*5H,3-4H2,1-2H3,(H,7,8);/q;;;+2/p-2. The number of hydrogen-bond donors (Lipinski definition) is 1. The van der Waals surface area contributed by atoms with Gasteiger partial charge in [0.25, 0.3) is 0 Å². The van der Waals surface area contributed by atoms with Crippen LogP contribution in [-0.4, -0.2) is 117 Å². The summed E-state index contributed by atoms with van der Waals surface area (Å²) in [4.78, 5) is 25.1. The average Bonchev–Trinajstić information content (AvgIpc) is 2.99. The van der Waals surface area contributed by atoms with Gasteiger partial charge >= 0.3 is 37.7 Å². The zero-order chi connectivity index (χ0) is 31.3. The summed E-state index contributed by atoms with van der Waals surface area (Å²) in [5.41, 5.74) is 2.59. The molecule has 1 heterocycles. The zero-order valence-corrected chi connectivity index (χ0v) is 29.3. The number of carbonyl (C=O) groups excluding carboxylic acids is 2. The molecule has 3 rings (SSSR count). The molecule has 0 bridgehead atoms. The second-order valence-corrected chi connectivity index (χ2v) is 10.7.